The van der Waals surface area contributed by atoms with E-state index in [-0.39, 0.29) is 5.02 Å². The van der Waals surface area contributed by atoms with Crippen molar-refractivity contribution < 1.29 is 14.2 Å². The minimum atomic E-state index is -0.631. The van der Waals surface area contributed by atoms with Crippen LogP contribution < -0.4 is 4.74 Å². The van der Waals surface area contributed by atoms with Crippen molar-refractivity contribution in [3.05, 3.63) is 53.1 Å². The van der Waals surface area contributed by atoms with E-state index in [0.29, 0.717) is 17.2 Å². The van der Waals surface area contributed by atoms with Crippen molar-refractivity contribution in [2.24, 2.45) is 0 Å². The summed E-state index contributed by atoms with van der Waals surface area (Å²) in [4.78, 5) is 4.03. The summed E-state index contributed by atoms with van der Waals surface area (Å²) in [7, 11) is 0. The summed E-state index contributed by atoms with van der Waals surface area (Å²) in [5, 5.41) is 9.50. The first kappa shape index (κ1) is 12.8. The molecule has 0 fully saturated rings. The summed E-state index contributed by atoms with van der Waals surface area (Å²) in [5.74, 6) is 0.396. The average Bonchev–Trinajstić information content (AvgIpc) is 2.33. The molecular weight excluding hydrogens is 257 g/mol. The van der Waals surface area contributed by atoms with E-state index in [1.807, 2.05) is 0 Å². The number of rotatable bonds is 3. The van der Waals surface area contributed by atoms with E-state index in [4.69, 9.17) is 16.3 Å². The van der Waals surface area contributed by atoms with Crippen LogP contribution in [0.2, 0.25) is 5.02 Å². The Labute approximate surface area is 109 Å². The fraction of sp³-hybridized carbons (Fsp3) is 0.154. The number of aromatic nitrogens is 1. The Hall–Kier alpha value is -1.65. The predicted molar refractivity (Wildman–Crippen MR) is 66.4 cm³/mol. The minimum Gasteiger partial charge on any atom is -0.454 e. The molecule has 1 N–H and O–H groups in total. The summed E-state index contributed by atoms with van der Waals surface area (Å²) in [6, 6.07) is 7.19. The molecule has 18 heavy (non-hydrogen) atoms. The van der Waals surface area contributed by atoms with Crippen molar-refractivity contribution in [2.45, 2.75) is 13.0 Å². The number of nitrogens with zero attached hydrogens (tertiary/aromatic N) is 1. The Morgan fingerprint density at radius 3 is 2.67 bits per heavy atom. The quantitative estimate of drug-likeness (QED) is 0.922. The van der Waals surface area contributed by atoms with E-state index in [0.717, 1.165) is 0 Å². The van der Waals surface area contributed by atoms with E-state index in [1.54, 1.807) is 19.1 Å². The second-order valence-electron chi connectivity index (χ2n) is 3.77. The number of aliphatic hydroxyl groups excluding tert-OH is 1. The molecule has 0 aliphatic rings. The molecule has 0 unspecified atom stereocenters. The van der Waals surface area contributed by atoms with Gasteiger partial charge in [-0.2, -0.15) is 0 Å². The highest BCUT2D eigenvalue weighted by Crippen LogP contribution is 2.29. The number of benzene rings is 1. The van der Waals surface area contributed by atoms with Crippen LogP contribution in [0.15, 0.2) is 36.5 Å². The van der Waals surface area contributed by atoms with Gasteiger partial charge in [-0.3, -0.25) is 4.98 Å². The average molecular weight is 268 g/mol. The van der Waals surface area contributed by atoms with E-state index < -0.39 is 11.9 Å². The number of aliphatic hydroxyl groups is 1. The van der Waals surface area contributed by atoms with Gasteiger partial charge in [-0.15, -0.1) is 0 Å². The lowest BCUT2D eigenvalue weighted by Gasteiger charge is -2.08. The predicted octanol–water partition coefficient (Wildman–Crippen LogP) is 3.72. The smallest absolute Gasteiger partial charge is 0.146 e. The number of halogens is 2. The van der Waals surface area contributed by atoms with Crippen LogP contribution in [-0.2, 0) is 0 Å². The molecule has 0 bridgehead atoms. The van der Waals surface area contributed by atoms with Gasteiger partial charge in [-0.25, -0.2) is 4.39 Å². The highest BCUT2D eigenvalue weighted by molar-refractivity contribution is 6.32. The molecule has 0 saturated heterocycles. The topological polar surface area (TPSA) is 42.4 Å². The zero-order valence-electron chi connectivity index (χ0n) is 9.60. The minimum absolute atomic E-state index is 0.189. The lowest BCUT2D eigenvalue weighted by Crippen LogP contribution is -1.95. The molecule has 1 aromatic carbocycles. The van der Waals surface area contributed by atoms with Gasteiger partial charge in [0.05, 0.1) is 23.0 Å². The van der Waals surface area contributed by atoms with Crippen LogP contribution >= 0.6 is 11.6 Å². The molecule has 1 aromatic heterocycles. The van der Waals surface area contributed by atoms with Gasteiger partial charge in [-0.1, -0.05) is 11.6 Å². The van der Waals surface area contributed by atoms with Gasteiger partial charge < -0.3 is 9.84 Å². The van der Waals surface area contributed by atoms with Crippen molar-refractivity contribution in [1.29, 1.82) is 0 Å². The van der Waals surface area contributed by atoms with Crippen molar-refractivity contribution >= 4 is 11.6 Å². The third-order valence-electron chi connectivity index (χ3n) is 2.31. The zero-order valence-corrected chi connectivity index (χ0v) is 10.4. The Morgan fingerprint density at radius 2 is 2.11 bits per heavy atom. The number of hydrogen-bond donors (Lipinski definition) is 1. The van der Waals surface area contributed by atoms with E-state index in [9.17, 15) is 9.50 Å². The van der Waals surface area contributed by atoms with Crippen LogP contribution in [-0.4, -0.2) is 10.1 Å². The van der Waals surface area contributed by atoms with Crippen LogP contribution in [0.25, 0.3) is 0 Å². The van der Waals surface area contributed by atoms with Gasteiger partial charge in [-0.05, 0) is 37.3 Å². The lowest BCUT2D eigenvalue weighted by atomic mass is 10.2. The second kappa shape index (κ2) is 5.33. The second-order valence-corrected chi connectivity index (χ2v) is 4.18. The maximum absolute atomic E-state index is 12.8. The van der Waals surface area contributed by atoms with E-state index >= 15 is 0 Å². The van der Waals surface area contributed by atoms with Crippen molar-refractivity contribution in [2.75, 3.05) is 0 Å². The van der Waals surface area contributed by atoms with E-state index in [1.165, 1.54) is 24.4 Å². The molecule has 2 rings (SSSR count). The molecule has 94 valence electrons. The van der Waals surface area contributed by atoms with Crippen LogP contribution in [0.1, 0.15) is 18.7 Å². The molecule has 1 atom stereocenters. The van der Waals surface area contributed by atoms with E-state index in [2.05, 4.69) is 4.98 Å². The lowest BCUT2D eigenvalue weighted by molar-refractivity contribution is 0.194. The van der Waals surface area contributed by atoms with Crippen LogP contribution in [0.5, 0.6) is 11.5 Å². The molecule has 0 saturated carbocycles. The largest absolute Gasteiger partial charge is 0.454 e. The van der Waals surface area contributed by atoms with Crippen molar-refractivity contribution in [3.8, 4) is 11.5 Å². The number of ether oxygens (including phenoxy) is 1. The fourth-order valence-electron chi connectivity index (χ4n) is 1.38. The maximum atomic E-state index is 12.8. The molecular formula is C13H11ClFNO2. The number of pyridine rings is 1. The molecule has 0 radical (unpaired) electrons. The fourth-order valence-corrected chi connectivity index (χ4v) is 1.59. The van der Waals surface area contributed by atoms with Crippen LogP contribution in [0.4, 0.5) is 4.39 Å². The summed E-state index contributed by atoms with van der Waals surface area (Å²) in [6.07, 6.45) is 0.843. The van der Waals surface area contributed by atoms with Crippen LogP contribution in [0.3, 0.4) is 0 Å². The van der Waals surface area contributed by atoms with Gasteiger partial charge in [0.2, 0.25) is 0 Å². The first-order chi connectivity index (χ1) is 8.56. The molecule has 2 aromatic rings. The molecule has 1 heterocycles. The standard InChI is InChI=1S/C13H11ClFNO2/c1-8(17)12-4-3-10(7-16-12)18-13-5-2-9(15)6-11(13)14/h2-8,17H,1H3/t8-/m0/s1. The molecule has 0 spiro atoms. The molecule has 0 aliphatic heterocycles. The third-order valence-corrected chi connectivity index (χ3v) is 2.60. The Kier molecular flexibility index (Phi) is 3.79. The first-order valence-corrected chi connectivity index (χ1v) is 5.71. The maximum Gasteiger partial charge on any atom is 0.146 e. The summed E-state index contributed by atoms with van der Waals surface area (Å²) < 4.78 is 18.3. The monoisotopic (exact) mass is 267 g/mol. The van der Waals surface area contributed by atoms with Gasteiger partial charge in [0.25, 0.3) is 0 Å². The third kappa shape index (κ3) is 2.97. The summed E-state index contributed by atoms with van der Waals surface area (Å²) in [6.45, 7) is 1.62. The zero-order chi connectivity index (χ0) is 13.1. The Bertz CT molecular complexity index is 543. The van der Waals surface area contributed by atoms with Crippen LogP contribution in [0, 0.1) is 5.82 Å². The molecule has 0 aliphatic carbocycles. The van der Waals surface area contributed by atoms with Gasteiger partial charge in [0.15, 0.2) is 0 Å². The molecule has 0 amide bonds. The molecule has 5 heteroatoms. The van der Waals surface area contributed by atoms with Gasteiger partial charge in [0.1, 0.15) is 17.3 Å². The SMILES string of the molecule is C[C@H](O)c1ccc(Oc2ccc(F)cc2Cl)cn1. The van der Waals surface area contributed by atoms with Crippen molar-refractivity contribution in [3.63, 3.8) is 0 Å². The first-order valence-electron chi connectivity index (χ1n) is 5.33. The normalized spacial score (nSPS) is 12.2. The highest BCUT2D eigenvalue weighted by Gasteiger charge is 2.06. The highest BCUT2D eigenvalue weighted by atomic mass is 35.5. The number of hydrogen-bond acceptors (Lipinski definition) is 3. The van der Waals surface area contributed by atoms with Gasteiger partial charge in [0, 0.05) is 0 Å². The Balaban J connectivity index is 2.18. The molecule has 3 nitrogen and oxygen atoms in total. The van der Waals surface area contributed by atoms with Crippen molar-refractivity contribution in [1.82, 2.24) is 4.98 Å². The Morgan fingerprint density at radius 1 is 1.33 bits per heavy atom. The summed E-state index contributed by atoms with van der Waals surface area (Å²) >= 11 is 5.84. The van der Waals surface area contributed by atoms with Gasteiger partial charge >= 0.3 is 0 Å². The summed E-state index contributed by atoms with van der Waals surface area (Å²) in [5.41, 5.74) is 0.549.